The van der Waals surface area contributed by atoms with Crippen LogP contribution in [0.3, 0.4) is 0 Å². The maximum Gasteiger partial charge on any atom is 0.250 e. The van der Waals surface area contributed by atoms with Gasteiger partial charge in [-0.25, -0.2) is 0 Å². The van der Waals surface area contributed by atoms with E-state index >= 15 is 0 Å². The third-order valence-corrected chi connectivity index (χ3v) is 11.9. The van der Waals surface area contributed by atoms with Crippen LogP contribution in [0.2, 0.25) is 18.1 Å². The molecule has 0 aromatic heterocycles. The summed E-state index contributed by atoms with van der Waals surface area (Å²) in [5.74, 6) is 0.807. The molecular formula is C26H34N2O3Si. The van der Waals surface area contributed by atoms with Crippen LogP contribution in [0.1, 0.15) is 50.7 Å². The van der Waals surface area contributed by atoms with Crippen molar-refractivity contribution in [2.75, 3.05) is 6.54 Å². The molecule has 0 aliphatic carbocycles. The molecule has 1 N–H and O–H groups in total. The number of rotatable bonds is 5. The molecule has 1 spiro atoms. The first kappa shape index (κ1) is 22.6. The number of amides is 2. The van der Waals surface area contributed by atoms with Gasteiger partial charge < -0.3 is 14.6 Å². The van der Waals surface area contributed by atoms with E-state index in [4.69, 9.17) is 4.43 Å². The first-order chi connectivity index (χ1) is 15.0. The zero-order chi connectivity index (χ0) is 23.1. The van der Waals surface area contributed by atoms with Crippen LogP contribution in [0, 0.1) is 0 Å². The summed E-state index contributed by atoms with van der Waals surface area (Å²) in [6.07, 6.45) is 0.959. The van der Waals surface area contributed by atoms with E-state index in [-0.39, 0.29) is 22.8 Å². The largest absolute Gasteiger partial charge is 0.544 e. The molecule has 2 aliphatic rings. The molecule has 4 rings (SSSR count). The summed E-state index contributed by atoms with van der Waals surface area (Å²) in [4.78, 5) is 27.9. The summed E-state index contributed by atoms with van der Waals surface area (Å²) in [5.41, 5.74) is 1.28. The van der Waals surface area contributed by atoms with Crippen LogP contribution < -0.4 is 9.74 Å². The average Bonchev–Trinajstić information content (AvgIpc) is 3.24. The lowest BCUT2D eigenvalue weighted by molar-refractivity contribution is -0.140. The first-order valence-corrected chi connectivity index (χ1v) is 14.4. The van der Waals surface area contributed by atoms with Crippen molar-refractivity contribution >= 4 is 20.1 Å². The number of nitrogens with one attached hydrogen (secondary N) is 1. The minimum atomic E-state index is -1.92. The molecule has 0 radical (unpaired) electrons. The molecule has 5 nitrogen and oxygen atoms in total. The summed E-state index contributed by atoms with van der Waals surface area (Å²) in [6.45, 7) is 12.2. The minimum Gasteiger partial charge on any atom is -0.544 e. The van der Waals surface area contributed by atoms with Gasteiger partial charge in [0.2, 0.25) is 20.1 Å². The van der Waals surface area contributed by atoms with Gasteiger partial charge in [-0.1, -0.05) is 63.2 Å². The molecule has 2 aromatic rings. The Balaban J connectivity index is 1.62. The fraction of sp³-hybridized carbons (Fsp3) is 0.462. The van der Waals surface area contributed by atoms with E-state index in [1.807, 2.05) is 47.4 Å². The Morgan fingerprint density at radius 1 is 1.06 bits per heavy atom. The highest BCUT2D eigenvalue weighted by Crippen LogP contribution is 2.46. The molecule has 2 fully saturated rings. The molecule has 2 atom stereocenters. The van der Waals surface area contributed by atoms with Crippen molar-refractivity contribution in [3.05, 3.63) is 65.7 Å². The Labute approximate surface area is 192 Å². The summed E-state index contributed by atoms with van der Waals surface area (Å²) in [6, 6.07) is 18.1. The number of benzene rings is 2. The van der Waals surface area contributed by atoms with Crippen molar-refractivity contribution in [2.24, 2.45) is 0 Å². The summed E-state index contributed by atoms with van der Waals surface area (Å²) < 4.78 is 6.43. The Morgan fingerprint density at radius 2 is 1.72 bits per heavy atom. The SMILES string of the molecule is CC(C)(C)[Si](C)(C)Oc1ccc([C@@H]2CNC(=O)[C@]23CCC(=O)N3Cc2ccccc2)cc1. The van der Waals surface area contributed by atoms with Gasteiger partial charge in [0.15, 0.2) is 0 Å². The predicted molar refractivity (Wildman–Crippen MR) is 129 cm³/mol. The van der Waals surface area contributed by atoms with Crippen LogP contribution in [0.5, 0.6) is 5.75 Å². The lowest BCUT2D eigenvalue weighted by atomic mass is 9.79. The fourth-order valence-electron chi connectivity index (χ4n) is 4.67. The maximum absolute atomic E-state index is 13.2. The lowest BCUT2D eigenvalue weighted by Crippen LogP contribution is -2.53. The molecule has 0 saturated carbocycles. The highest BCUT2D eigenvalue weighted by atomic mass is 28.4. The van der Waals surface area contributed by atoms with Gasteiger partial charge in [0.1, 0.15) is 11.3 Å². The second-order valence-corrected chi connectivity index (χ2v) is 15.3. The molecule has 2 saturated heterocycles. The van der Waals surface area contributed by atoms with Gasteiger partial charge in [-0.2, -0.15) is 0 Å². The van der Waals surface area contributed by atoms with E-state index in [1.54, 1.807) is 0 Å². The van der Waals surface area contributed by atoms with Crippen molar-refractivity contribution < 1.29 is 14.0 Å². The second-order valence-electron chi connectivity index (χ2n) is 10.6. The molecule has 32 heavy (non-hydrogen) atoms. The summed E-state index contributed by atoms with van der Waals surface area (Å²) >= 11 is 0. The highest BCUT2D eigenvalue weighted by Gasteiger charge is 2.59. The fourth-order valence-corrected chi connectivity index (χ4v) is 5.70. The van der Waals surface area contributed by atoms with E-state index < -0.39 is 13.9 Å². The number of hydrogen-bond acceptors (Lipinski definition) is 3. The van der Waals surface area contributed by atoms with Gasteiger partial charge in [-0.05, 0) is 47.8 Å². The van der Waals surface area contributed by atoms with Crippen LogP contribution in [0.15, 0.2) is 54.6 Å². The predicted octanol–water partition coefficient (Wildman–Crippen LogP) is 4.85. The Bertz CT molecular complexity index is 998. The highest BCUT2D eigenvalue weighted by molar-refractivity contribution is 6.74. The van der Waals surface area contributed by atoms with E-state index in [1.165, 1.54) is 0 Å². The second kappa shape index (κ2) is 8.07. The zero-order valence-electron chi connectivity index (χ0n) is 19.8. The average molecular weight is 451 g/mol. The molecule has 2 heterocycles. The van der Waals surface area contributed by atoms with E-state index in [0.29, 0.717) is 25.9 Å². The standard InChI is InChI=1S/C26H34N2O3Si/c1-25(2,3)32(4,5)31-21-13-11-20(12-14-21)22-17-27-24(30)26(22)16-15-23(29)28(26)18-19-9-7-6-8-10-19/h6-14,22H,15-18H2,1-5H3,(H,27,30)/t22-,26-/m0/s1. The Kier molecular flexibility index (Phi) is 5.69. The van der Waals surface area contributed by atoms with Crippen LogP contribution in [-0.4, -0.2) is 37.1 Å². The van der Waals surface area contributed by atoms with Crippen LogP contribution >= 0.6 is 0 Å². The van der Waals surface area contributed by atoms with Crippen molar-refractivity contribution in [2.45, 2.75) is 69.7 Å². The number of likely N-dealkylation sites (tertiary alicyclic amines) is 1. The molecule has 2 amide bonds. The molecule has 6 heteroatoms. The van der Waals surface area contributed by atoms with Crippen LogP contribution in [0.25, 0.3) is 0 Å². The Hall–Kier alpha value is -2.60. The topological polar surface area (TPSA) is 58.6 Å². The van der Waals surface area contributed by atoms with E-state index in [9.17, 15) is 9.59 Å². The van der Waals surface area contributed by atoms with Gasteiger partial charge in [-0.15, -0.1) is 0 Å². The number of nitrogens with zero attached hydrogens (tertiary/aromatic N) is 1. The number of hydrogen-bond donors (Lipinski definition) is 1. The number of carbonyl (C=O) groups excluding carboxylic acids is 2. The molecule has 0 unspecified atom stereocenters. The smallest absolute Gasteiger partial charge is 0.250 e. The van der Waals surface area contributed by atoms with Gasteiger partial charge in [-0.3, -0.25) is 9.59 Å². The van der Waals surface area contributed by atoms with Crippen molar-refractivity contribution in [3.63, 3.8) is 0 Å². The molecule has 0 bridgehead atoms. The first-order valence-electron chi connectivity index (χ1n) is 11.5. The van der Waals surface area contributed by atoms with Crippen molar-refractivity contribution in [1.82, 2.24) is 10.2 Å². The number of carbonyl (C=O) groups is 2. The van der Waals surface area contributed by atoms with E-state index in [0.717, 1.165) is 16.9 Å². The van der Waals surface area contributed by atoms with Gasteiger partial charge in [0.25, 0.3) is 0 Å². The van der Waals surface area contributed by atoms with E-state index in [2.05, 4.69) is 51.3 Å². The molecule has 2 aromatic carbocycles. The van der Waals surface area contributed by atoms with Crippen molar-refractivity contribution in [3.8, 4) is 5.75 Å². The summed E-state index contributed by atoms with van der Waals surface area (Å²) in [7, 11) is -1.92. The monoisotopic (exact) mass is 450 g/mol. The normalized spacial score (nSPS) is 23.7. The quantitative estimate of drug-likeness (QED) is 0.663. The minimum absolute atomic E-state index is 0.0362. The third kappa shape index (κ3) is 3.85. The zero-order valence-corrected chi connectivity index (χ0v) is 20.8. The maximum atomic E-state index is 13.2. The van der Waals surface area contributed by atoms with Crippen molar-refractivity contribution in [1.29, 1.82) is 0 Å². The van der Waals surface area contributed by atoms with Gasteiger partial charge >= 0.3 is 0 Å². The third-order valence-electron chi connectivity index (χ3n) is 7.58. The molecule has 2 aliphatic heterocycles. The van der Waals surface area contributed by atoms with Gasteiger partial charge in [0, 0.05) is 25.4 Å². The summed E-state index contributed by atoms with van der Waals surface area (Å²) in [5, 5.41) is 3.18. The van der Waals surface area contributed by atoms with Crippen LogP contribution in [0.4, 0.5) is 0 Å². The Morgan fingerprint density at radius 3 is 2.34 bits per heavy atom. The van der Waals surface area contributed by atoms with Crippen LogP contribution in [-0.2, 0) is 16.1 Å². The molecular weight excluding hydrogens is 416 g/mol. The lowest BCUT2D eigenvalue weighted by Gasteiger charge is -2.38. The van der Waals surface area contributed by atoms with Gasteiger partial charge in [0.05, 0.1) is 0 Å². The molecule has 170 valence electrons.